The molecule has 2 aromatic rings. The van der Waals surface area contributed by atoms with Crippen LogP contribution >= 0.6 is 0 Å². The molecule has 152 valence electrons. The quantitative estimate of drug-likeness (QED) is 0.824. The summed E-state index contributed by atoms with van der Waals surface area (Å²) in [6, 6.07) is 5.94. The Kier molecular flexibility index (Phi) is 5.82. The fourth-order valence-electron chi connectivity index (χ4n) is 3.97. The summed E-state index contributed by atoms with van der Waals surface area (Å²) in [7, 11) is 0. The van der Waals surface area contributed by atoms with Crippen LogP contribution in [0.2, 0.25) is 0 Å². The molecule has 2 atom stereocenters. The summed E-state index contributed by atoms with van der Waals surface area (Å²) in [5.74, 6) is 0.613. The van der Waals surface area contributed by atoms with E-state index < -0.39 is 11.7 Å². The number of nitrogens with zero attached hydrogens (tertiary/aromatic N) is 2. The van der Waals surface area contributed by atoms with Gasteiger partial charge in [0.15, 0.2) is 0 Å². The minimum atomic E-state index is -4.45. The van der Waals surface area contributed by atoms with Gasteiger partial charge in [-0.25, -0.2) is 0 Å². The van der Waals surface area contributed by atoms with Gasteiger partial charge in [0.1, 0.15) is 0 Å². The predicted molar refractivity (Wildman–Crippen MR) is 104 cm³/mol. The van der Waals surface area contributed by atoms with Gasteiger partial charge >= 0.3 is 6.18 Å². The maximum absolute atomic E-state index is 13.4. The molecule has 2 unspecified atom stereocenters. The first kappa shape index (κ1) is 20.4. The van der Waals surface area contributed by atoms with Gasteiger partial charge in [-0.05, 0) is 42.5 Å². The molecular formula is C21H26F3N3O. The van der Waals surface area contributed by atoms with Crippen molar-refractivity contribution in [3.05, 3.63) is 36.0 Å². The van der Waals surface area contributed by atoms with Crippen LogP contribution in [0.25, 0.3) is 10.9 Å². The minimum Gasteiger partial charge on any atom is -0.369 e. The van der Waals surface area contributed by atoms with Crippen LogP contribution in [0.5, 0.6) is 0 Å². The van der Waals surface area contributed by atoms with Crippen molar-refractivity contribution in [3.8, 4) is 0 Å². The third-order valence-corrected chi connectivity index (χ3v) is 5.01. The molecular weight excluding hydrogens is 367 g/mol. The van der Waals surface area contributed by atoms with Crippen LogP contribution in [0.15, 0.2) is 30.5 Å². The smallest absolute Gasteiger partial charge is 0.369 e. The topological polar surface area (TPSA) is 45.2 Å². The van der Waals surface area contributed by atoms with Crippen LogP contribution in [-0.4, -0.2) is 30.0 Å². The predicted octanol–water partition coefficient (Wildman–Crippen LogP) is 4.63. The lowest BCUT2D eigenvalue weighted by Crippen LogP contribution is -2.50. The summed E-state index contributed by atoms with van der Waals surface area (Å²) in [6.45, 7) is 7.39. The van der Waals surface area contributed by atoms with Gasteiger partial charge in [0.2, 0.25) is 5.91 Å². The van der Waals surface area contributed by atoms with E-state index in [4.69, 9.17) is 0 Å². The van der Waals surface area contributed by atoms with Crippen LogP contribution in [0.1, 0.15) is 39.2 Å². The van der Waals surface area contributed by atoms with Crippen LogP contribution in [0.4, 0.5) is 18.9 Å². The van der Waals surface area contributed by atoms with Crippen molar-refractivity contribution in [1.29, 1.82) is 0 Å². The molecule has 1 saturated heterocycles. The third-order valence-electron chi connectivity index (χ3n) is 5.01. The van der Waals surface area contributed by atoms with Gasteiger partial charge in [-0.3, -0.25) is 9.78 Å². The molecule has 0 saturated carbocycles. The first-order valence-electron chi connectivity index (χ1n) is 9.64. The number of carbonyl (C=O) groups is 1. The first-order valence-corrected chi connectivity index (χ1v) is 9.64. The molecule has 1 aromatic carbocycles. The fourth-order valence-corrected chi connectivity index (χ4v) is 3.97. The lowest BCUT2D eigenvalue weighted by Gasteiger charge is -2.39. The van der Waals surface area contributed by atoms with E-state index in [-0.39, 0.29) is 23.4 Å². The highest BCUT2D eigenvalue weighted by Gasteiger charge is 2.34. The number of aromatic nitrogens is 1. The molecule has 1 N–H and O–H groups in total. The Balaban J connectivity index is 1.90. The molecule has 1 fully saturated rings. The first-order chi connectivity index (χ1) is 13.1. The Morgan fingerprint density at radius 1 is 1.29 bits per heavy atom. The van der Waals surface area contributed by atoms with Crippen molar-refractivity contribution >= 4 is 22.5 Å². The molecule has 0 radical (unpaired) electrons. The Morgan fingerprint density at radius 3 is 2.71 bits per heavy atom. The number of piperidine rings is 1. The number of amides is 1. The number of benzene rings is 1. The number of hydrogen-bond acceptors (Lipinski definition) is 3. The van der Waals surface area contributed by atoms with E-state index in [1.807, 2.05) is 13.8 Å². The summed E-state index contributed by atoms with van der Waals surface area (Å²) >= 11 is 0. The average Bonchev–Trinajstić information content (AvgIpc) is 2.58. The van der Waals surface area contributed by atoms with E-state index in [0.29, 0.717) is 24.3 Å². The Hall–Kier alpha value is -2.31. The standard InChI is InChI=1S/C21H26F3N3O/c1-13(2)9-19(28)26-15-10-14(3)11-27(12-15)18-7-6-17(21(22,23)24)20-16(18)5-4-8-25-20/h4-8,13-15H,9-12H2,1-3H3,(H,26,28). The number of rotatable bonds is 4. The molecule has 28 heavy (non-hydrogen) atoms. The van der Waals surface area contributed by atoms with E-state index in [1.165, 1.54) is 12.3 Å². The van der Waals surface area contributed by atoms with Crippen molar-refractivity contribution in [2.24, 2.45) is 11.8 Å². The zero-order valence-electron chi connectivity index (χ0n) is 16.4. The summed E-state index contributed by atoms with van der Waals surface area (Å²) < 4.78 is 40.1. The van der Waals surface area contributed by atoms with Gasteiger partial charge in [-0.15, -0.1) is 0 Å². The van der Waals surface area contributed by atoms with E-state index >= 15 is 0 Å². The molecule has 1 aliphatic rings. The maximum Gasteiger partial charge on any atom is 0.418 e. The molecule has 0 aliphatic carbocycles. The second-order valence-corrected chi connectivity index (χ2v) is 8.14. The Bertz CT molecular complexity index is 850. The van der Waals surface area contributed by atoms with Crippen molar-refractivity contribution in [3.63, 3.8) is 0 Å². The molecule has 2 heterocycles. The molecule has 7 heteroatoms. The summed E-state index contributed by atoms with van der Waals surface area (Å²) in [6.07, 6.45) is -1.74. The van der Waals surface area contributed by atoms with Crippen molar-refractivity contribution < 1.29 is 18.0 Å². The Morgan fingerprint density at radius 2 is 2.04 bits per heavy atom. The van der Waals surface area contributed by atoms with Crippen molar-refractivity contribution in [1.82, 2.24) is 10.3 Å². The third kappa shape index (κ3) is 4.56. The number of carbonyl (C=O) groups excluding carboxylic acids is 1. The second kappa shape index (κ2) is 7.97. The Labute approximate surface area is 163 Å². The zero-order valence-corrected chi connectivity index (χ0v) is 16.4. The van der Waals surface area contributed by atoms with Gasteiger partial charge < -0.3 is 10.2 Å². The molecule has 0 bridgehead atoms. The van der Waals surface area contributed by atoms with E-state index in [0.717, 1.165) is 24.7 Å². The molecule has 3 rings (SSSR count). The number of hydrogen-bond donors (Lipinski definition) is 1. The second-order valence-electron chi connectivity index (χ2n) is 8.14. The molecule has 1 aliphatic heterocycles. The highest BCUT2D eigenvalue weighted by molar-refractivity contribution is 5.94. The van der Waals surface area contributed by atoms with Crippen LogP contribution in [0, 0.1) is 11.8 Å². The van der Waals surface area contributed by atoms with Gasteiger partial charge in [-0.1, -0.05) is 20.8 Å². The highest BCUT2D eigenvalue weighted by atomic mass is 19.4. The average molecular weight is 393 g/mol. The number of nitrogens with one attached hydrogen (secondary N) is 1. The SMILES string of the molecule is CC(C)CC(=O)NC1CC(C)CN(c2ccc(C(F)(F)F)c3ncccc23)C1. The highest BCUT2D eigenvalue weighted by Crippen LogP contribution is 2.38. The number of alkyl halides is 3. The number of fused-ring (bicyclic) bond motifs is 1. The summed E-state index contributed by atoms with van der Waals surface area (Å²) in [4.78, 5) is 18.2. The zero-order chi connectivity index (χ0) is 20.5. The molecule has 1 amide bonds. The van der Waals surface area contributed by atoms with Gasteiger partial charge in [0.25, 0.3) is 0 Å². The minimum absolute atomic E-state index is 0.0213. The van der Waals surface area contributed by atoms with Crippen LogP contribution in [0.3, 0.4) is 0 Å². The number of anilines is 1. The monoisotopic (exact) mass is 393 g/mol. The lowest BCUT2D eigenvalue weighted by molar-refractivity contribution is -0.136. The van der Waals surface area contributed by atoms with Gasteiger partial charge in [-0.2, -0.15) is 13.2 Å². The van der Waals surface area contributed by atoms with E-state index in [9.17, 15) is 18.0 Å². The molecule has 1 aromatic heterocycles. The van der Waals surface area contributed by atoms with E-state index in [1.54, 1.807) is 12.1 Å². The molecule has 0 spiro atoms. The maximum atomic E-state index is 13.4. The van der Waals surface area contributed by atoms with Gasteiger partial charge in [0, 0.05) is 42.8 Å². The van der Waals surface area contributed by atoms with Crippen molar-refractivity contribution in [2.45, 2.75) is 45.8 Å². The summed E-state index contributed by atoms with van der Waals surface area (Å²) in [5.41, 5.74) is -0.0319. The number of pyridine rings is 1. The van der Waals surface area contributed by atoms with Crippen LogP contribution in [-0.2, 0) is 11.0 Å². The van der Waals surface area contributed by atoms with Gasteiger partial charge in [0.05, 0.1) is 11.1 Å². The van der Waals surface area contributed by atoms with Crippen molar-refractivity contribution in [2.75, 3.05) is 18.0 Å². The lowest BCUT2D eigenvalue weighted by atomic mass is 9.94. The summed E-state index contributed by atoms with van der Waals surface area (Å²) in [5, 5.41) is 3.57. The molecule has 4 nitrogen and oxygen atoms in total. The number of halogens is 3. The van der Waals surface area contributed by atoms with E-state index in [2.05, 4.69) is 22.1 Å². The largest absolute Gasteiger partial charge is 0.418 e. The van der Waals surface area contributed by atoms with Crippen LogP contribution < -0.4 is 10.2 Å². The normalized spacial score (nSPS) is 20.6. The fraction of sp³-hybridized carbons (Fsp3) is 0.524.